The zero-order valence-electron chi connectivity index (χ0n) is 22.3. The molecule has 3 aromatic carbocycles. The minimum absolute atomic E-state index is 0.201. The van der Waals surface area contributed by atoms with E-state index in [4.69, 9.17) is 27.8 Å². The van der Waals surface area contributed by atoms with Crippen molar-refractivity contribution in [2.24, 2.45) is 0 Å². The first kappa shape index (κ1) is 25.0. The van der Waals surface area contributed by atoms with Crippen LogP contribution in [0.4, 0.5) is 0 Å². The third-order valence-corrected chi connectivity index (χ3v) is 7.86. The number of methoxy groups -OCH3 is 1. The van der Waals surface area contributed by atoms with Crippen LogP contribution >= 0.6 is 0 Å². The molecule has 0 aromatic heterocycles. The largest absolute Gasteiger partial charge is 0.544 e. The molecule has 1 heterocycles. The highest BCUT2D eigenvalue weighted by atomic mass is 28.4. The highest BCUT2D eigenvalue weighted by Gasteiger charge is 2.46. The normalized spacial score (nSPS) is 16.2. The Morgan fingerprint density at radius 3 is 1.94 bits per heavy atom. The van der Waals surface area contributed by atoms with Crippen molar-refractivity contribution in [2.75, 3.05) is 13.9 Å². The molecule has 0 N–H and O–H groups in total. The van der Waals surface area contributed by atoms with E-state index >= 15 is 0 Å². The highest BCUT2D eigenvalue weighted by molar-refractivity contribution is 6.71. The van der Waals surface area contributed by atoms with Gasteiger partial charge in [-0.1, -0.05) is 12.1 Å². The standard InChI is InChI=1S/C28H36O6Si2/c1-29-18-30-21-12-8-11-20-19(21)10-9-17-28(20)31-22-13-15-24(33-35(2,3)4)27-25(34-36(5,6)7)16-14-23(32-28)26(22)27/h8,11-16H,9-10,17-18H2,1-7H3. The van der Waals surface area contributed by atoms with Crippen molar-refractivity contribution in [2.45, 2.75) is 64.3 Å². The Kier molecular flexibility index (Phi) is 6.25. The van der Waals surface area contributed by atoms with Gasteiger partial charge in [0.15, 0.2) is 6.79 Å². The summed E-state index contributed by atoms with van der Waals surface area (Å²) in [6.45, 7) is 13.3. The highest BCUT2D eigenvalue weighted by Crippen LogP contribution is 2.54. The van der Waals surface area contributed by atoms with Crippen molar-refractivity contribution in [1.82, 2.24) is 0 Å². The minimum atomic E-state index is -1.88. The summed E-state index contributed by atoms with van der Waals surface area (Å²) in [4.78, 5) is 0. The molecule has 1 aliphatic carbocycles. The number of ether oxygens (including phenoxy) is 4. The molecule has 0 fully saturated rings. The maximum absolute atomic E-state index is 6.79. The summed E-state index contributed by atoms with van der Waals surface area (Å²) in [6.07, 6.45) is 2.57. The van der Waals surface area contributed by atoms with Crippen molar-refractivity contribution < 1.29 is 27.8 Å². The second kappa shape index (κ2) is 9.01. The van der Waals surface area contributed by atoms with Crippen LogP contribution in [0.15, 0.2) is 42.5 Å². The topological polar surface area (TPSA) is 55.4 Å². The van der Waals surface area contributed by atoms with Crippen LogP contribution in [0.5, 0.6) is 28.7 Å². The van der Waals surface area contributed by atoms with Crippen molar-refractivity contribution >= 4 is 27.4 Å². The van der Waals surface area contributed by atoms with E-state index in [9.17, 15) is 0 Å². The summed E-state index contributed by atoms with van der Waals surface area (Å²) in [5.74, 6) is 3.12. The molecule has 5 rings (SSSR count). The van der Waals surface area contributed by atoms with Crippen LogP contribution in [0.3, 0.4) is 0 Å². The van der Waals surface area contributed by atoms with Gasteiger partial charge >= 0.3 is 0 Å². The number of hydrogen-bond donors (Lipinski definition) is 0. The third kappa shape index (κ3) is 4.69. The summed E-state index contributed by atoms with van der Waals surface area (Å²) in [7, 11) is -2.13. The molecule has 0 amide bonds. The van der Waals surface area contributed by atoms with Crippen LogP contribution in [-0.4, -0.2) is 30.5 Å². The van der Waals surface area contributed by atoms with E-state index in [1.54, 1.807) is 7.11 Å². The predicted molar refractivity (Wildman–Crippen MR) is 147 cm³/mol. The number of hydrogen-bond acceptors (Lipinski definition) is 6. The molecule has 6 nitrogen and oxygen atoms in total. The Morgan fingerprint density at radius 1 is 0.778 bits per heavy atom. The Balaban J connectivity index is 1.65. The molecule has 1 spiro atoms. The van der Waals surface area contributed by atoms with Crippen LogP contribution in [0, 0.1) is 0 Å². The molecule has 0 saturated heterocycles. The first-order valence-corrected chi connectivity index (χ1v) is 19.4. The maximum Gasteiger partial charge on any atom is 0.278 e. The fourth-order valence-electron chi connectivity index (χ4n) is 5.03. The van der Waals surface area contributed by atoms with E-state index in [-0.39, 0.29) is 6.79 Å². The van der Waals surface area contributed by atoms with E-state index in [0.29, 0.717) is 0 Å². The second-order valence-electron chi connectivity index (χ2n) is 11.4. The van der Waals surface area contributed by atoms with Crippen LogP contribution in [0.25, 0.3) is 10.8 Å². The zero-order chi connectivity index (χ0) is 25.7. The van der Waals surface area contributed by atoms with Crippen LogP contribution in [0.1, 0.15) is 24.0 Å². The lowest BCUT2D eigenvalue weighted by Gasteiger charge is -2.42. The van der Waals surface area contributed by atoms with Gasteiger partial charge in [-0.15, -0.1) is 0 Å². The van der Waals surface area contributed by atoms with Gasteiger partial charge in [-0.05, 0) is 82.5 Å². The lowest BCUT2D eigenvalue weighted by atomic mass is 9.85. The summed E-state index contributed by atoms with van der Waals surface area (Å²) in [5, 5.41) is 1.84. The molecule has 36 heavy (non-hydrogen) atoms. The molecule has 0 unspecified atom stereocenters. The molecule has 2 aliphatic rings. The molecule has 192 valence electrons. The van der Waals surface area contributed by atoms with E-state index < -0.39 is 22.4 Å². The van der Waals surface area contributed by atoms with Crippen molar-refractivity contribution in [3.05, 3.63) is 53.6 Å². The number of rotatable bonds is 7. The smallest absolute Gasteiger partial charge is 0.278 e. The summed E-state index contributed by atoms with van der Waals surface area (Å²) >= 11 is 0. The molecule has 0 atom stereocenters. The first-order chi connectivity index (χ1) is 17.0. The van der Waals surface area contributed by atoms with Gasteiger partial charge in [-0.2, -0.15) is 0 Å². The van der Waals surface area contributed by atoms with E-state index in [2.05, 4.69) is 45.3 Å². The van der Waals surface area contributed by atoms with E-state index in [1.165, 1.54) is 0 Å². The van der Waals surface area contributed by atoms with Crippen molar-refractivity contribution in [3.63, 3.8) is 0 Å². The monoisotopic (exact) mass is 524 g/mol. The zero-order valence-corrected chi connectivity index (χ0v) is 24.3. The Bertz CT molecular complexity index is 1230. The fourth-order valence-corrected chi connectivity index (χ4v) is 6.69. The van der Waals surface area contributed by atoms with Gasteiger partial charge in [0, 0.05) is 24.7 Å². The molecule has 8 heteroatoms. The Hall–Kier alpha value is -2.69. The van der Waals surface area contributed by atoms with Gasteiger partial charge < -0.3 is 27.8 Å². The summed E-state index contributed by atoms with van der Waals surface area (Å²) < 4.78 is 37.7. The molecule has 0 radical (unpaired) electrons. The van der Waals surface area contributed by atoms with Crippen molar-refractivity contribution in [3.8, 4) is 28.7 Å². The first-order valence-electron chi connectivity index (χ1n) is 12.6. The molecular weight excluding hydrogens is 488 g/mol. The summed E-state index contributed by atoms with van der Waals surface area (Å²) in [6, 6.07) is 14.1. The average Bonchev–Trinajstić information content (AvgIpc) is 2.79. The molecule has 1 aliphatic heterocycles. The fraction of sp³-hybridized carbons (Fsp3) is 0.429. The van der Waals surface area contributed by atoms with Gasteiger partial charge in [0.05, 0.1) is 10.8 Å². The maximum atomic E-state index is 6.79. The molecule has 0 bridgehead atoms. The van der Waals surface area contributed by atoms with Gasteiger partial charge in [-0.25, -0.2) is 0 Å². The van der Waals surface area contributed by atoms with E-state index in [0.717, 1.165) is 69.9 Å². The molecule has 3 aromatic rings. The number of fused-ring (bicyclic) bond motifs is 2. The van der Waals surface area contributed by atoms with Crippen LogP contribution < -0.4 is 23.1 Å². The third-order valence-electron chi connectivity index (χ3n) is 6.20. The van der Waals surface area contributed by atoms with E-state index in [1.807, 2.05) is 36.4 Å². The Morgan fingerprint density at radius 2 is 1.39 bits per heavy atom. The van der Waals surface area contributed by atoms with Crippen molar-refractivity contribution in [1.29, 1.82) is 0 Å². The van der Waals surface area contributed by atoms with Crippen LogP contribution in [-0.2, 0) is 16.9 Å². The predicted octanol–water partition coefficient (Wildman–Crippen LogP) is 7.21. The van der Waals surface area contributed by atoms with Gasteiger partial charge in [0.25, 0.3) is 5.79 Å². The lowest BCUT2D eigenvalue weighted by molar-refractivity contribution is -0.138. The number of benzene rings is 3. The Labute approximate surface area is 215 Å². The quantitative estimate of drug-likeness (QED) is 0.240. The minimum Gasteiger partial charge on any atom is -0.544 e. The second-order valence-corrected chi connectivity index (χ2v) is 20.3. The SMILES string of the molecule is COCOc1cccc2c1CCCC21Oc2ccc(O[Si](C)(C)C)c3c(O[Si](C)(C)C)ccc(c23)O1. The van der Waals surface area contributed by atoms with Gasteiger partial charge in [-0.3, -0.25) is 0 Å². The average molecular weight is 525 g/mol. The van der Waals surface area contributed by atoms with Crippen LogP contribution in [0.2, 0.25) is 39.3 Å². The molecule has 0 saturated carbocycles. The molecular formula is C28H36O6Si2. The van der Waals surface area contributed by atoms with Gasteiger partial charge in [0.1, 0.15) is 28.7 Å². The lowest BCUT2D eigenvalue weighted by Crippen LogP contribution is -2.44. The van der Waals surface area contributed by atoms with Gasteiger partial charge in [0.2, 0.25) is 16.6 Å². The summed E-state index contributed by atoms with van der Waals surface area (Å²) in [5.41, 5.74) is 2.11.